The number of hydrogen-bond donors (Lipinski definition) is 2. The number of benzene rings is 1. The first-order chi connectivity index (χ1) is 15.3. The number of halogens is 1. The first-order valence-corrected chi connectivity index (χ1v) is 10.7. The molecule has 170 valence electrons. The van der Waals surface area contributed by atoms with E-state index in [1.807, 2.05) is 24.2 Å². The van der Waals surface area contributed by atoms with Gasteiger partial charge in [-0.1, -0.05) is 12.6 Å². The van der Waals surface area contributed by atoms with Crippen LogP contribution in [0.15, 0.2) is 36.5 Å². The molecule has 1 atom stereocenters. The topological polar surface area (TPSA) is 87.1 Å². The highest BCUT2D eigenvalue weighted by molar-refractivity contribution is 7.96. The predicted molar refractivity (Wildman–Crippen MR) is 120 cm³/mol. The van der Waals surface area contributed by atoms with Crippen LogP contribution in [0.3, 0.4) is 0 Å². The van der Waals surface area contributed by atoms with Gasteiger partial charge in [0.05, 0.1) is 24.5 Å². The number of amides is 3. The van der Waals surface area contributed by atoms with Crippen molar-refractivity contribution in [2.75, 3.05) is 49.1 Å². The summed E-state index contributed by atoms with van der Waals surface area (Å²) < 4.78 is 21.9. The lowest BCUT2D eigenvalue weighted by atomic mass is 10.2. The second-order valence-corrected chi connectivity index (χ2v) is 8.13. The first-order valence-electron chi connectivity index (χ1n) is 10.2. The van der Waals surface area contributed by atoms with Crippen molar-refractivity contribution in [3.8, 4) is 0 Å². The van der Waals surface area contributed by atoms with Crippen LogP contribution in [0.1, 0.15) is 10.5 Å². The van der Waals surface area contributed by atoms with Crippen LogP contribution in [-0.2, 0) is 11.8 Å². The van der Waals surface area contributed by atoms with E-state index in [0.717, 1.165) is 0 Å². The number of nitrogens with one attached hydrogen (secondary N) is 1. The number of anilines is 2. The number of carbonyl (C=O) groups excluding carboxylic acids is 3. The van der Waals surface area contributed by atoms with Crippen LogP contribution in [0, 0.1) is 5.82 Å². The van der Waals surface area contributed by atoms with Crippen molar-refractivity contribution in [3.63, 3.8) is 0 Å². The fourth-order valence-corrected chi connectivity index (χ4v) is 4.05. The molecule has 1 aromatic carbocycles. The summed E-state index contributed by atoms with van der Waals surface area (Å²) in [6.45, 7) is 2.32. The number of ether oxygens (including phenoxy) is 1. The Morgan fingerprint density at radius 3 is 2.59 bits per heavy atom. The molecule has 1 unspecified atom stereocenters. The van der Waals surface area contributed by atoms with Crippen LogP contribution in [0.25, 0.3) is 0 Å². The minimum atomic E-state index is -0.594. The summed E-state index contributed by atoms with van der Waals surface area (Å²) in [5, 5.41) is 1.96. The summed E-state index contributed by atoms with van der Waals surface area (Å²) in [6, 6.07) is 8.22. The molecule has 2 saturated heterocycles. The van der Waals surface area contributed by atoms with Crippen LogP contribution in [0.5, 0.6) is 0 Å². The van der Waals surface area contributed by atoms with E-state index < -0.39 is 23.3 Å². The number of rotatable bonds is 5. The van der Waals surface area contributed by atoms with E-state index in [2.05, 4.69) is 17.9 Å². The van der Waals surface area contributed by atoms with Gasteiger partial charge in [0.2, 0.25) is 0 Å². The average molecular weight is 462 g/mol. The van der Waals surface area contributed by atoms with Gasteiger partial charge in [0, 0.05) is 39.4 Å². The van der Waals surface area contributed by atoms with Gasteiger partial charge in [-0.05, 0) is 30.3 Å². The van der Waals surface area contributed by atoms with Crippen molar-refractivity contribution in [1.82, 2.24) is 14.8 Å². The van der Waals surface area contributed by atoms with Gasteiger partial charge < -0.3 is 24.4 Å². The zero-order valence-electron chi connectivity index (χ0n) is 17.5. The molecule has 2 fully saturated rings. The van der Waals surface area contributed by atoms with Gasteiger partial charge in [0.1, 0.15) is 17.6 Å². The van der Waals surface area contributed by atoms with Crippen LogP contribution in [0.2, 0.25) is 0 Å². The highest BCUT2D eigenvalue weighted by Crippen LogP contribution is 2.28. The molecular formula is C21H24FN5O4S. The Kier molecular flexibility index (Phi) is 6.26. The zero-order valence-corrected chi connectivity index (χ0v) is 18.4. The Morgan fingerprint density at radius 2 is 1.97 bits per heavy atom. The molecule has 1 aromatic heterocycles. The van der Waals surface area contributed by atoms with Crippen molar-refractivity contribution >= 4 is 41.2 Å². The Labute approximate surface area is 190 Å². The molecule has 4 rings (SSSR count). The van der Waals surface area contributed by atoms with Crippen LogP contribution in [0.4, 0.5) is 25.4 Å². The first kappa shape index (κ1) is 22.0. The molecule has 11 heteroatoms. The number of aryl methyl sites for hydroxylation is 1. The molecule has 0 radical (unpaired) electrons. The van der Waals surface area contributed by atoms with Crippen molar-refractivity contribution < 1.29 is 23.5 Å². The number of piperazine rings is 1. The number of aromatic nitrogens is 1. The monoisotopic (exact) mass is 461 g/mol. The zero-order chi connectivity index (χ0) is 22.8. The highest BCUT2D eigenvalue weighted by Gasteiger charge is 2.33. The van der Waals surface area contributed by atoms with Gasteiger partial charge in [-0.2, -0.15) is 0 Å². The molecule has 1 N–H and O–H groups in total. The van der Waals surface area contributed by atoms with E-state index in [1.54, 1.807) is 27.7 Å². The van der Waals surface area contributed by atoms with Crippen LogP contribution < -0.4 is 15.1 Å². The second kappa shape index (κ2) is 9.11. The van der Waals surface area contributed by atoms with E-state index in [9.17, 15) is 18.8 Å². The quantitative estimate of drug-likeness (QED) is 0.666. The van der Waals surface area contributed by atoms with E-state index in [1.165, 1.54) is 11.0 Å². The second-order valence-electron chi connectivity index (χ2n) is 7.72. The number of carbonyl (C=O) groups is 3. The summed E-state index contributed by atoms with van der Waals surface area (Å²) in [5.74, 6) is -0.492. The summed E-state index contributed by atoms with van der Waals surface area (Å²) in [4.78, 5) is 40.7. The summed E-state index contributed by atoms with van der Waals surface area (Å²) >= 11 is 3.62. The standard InChI is InChI=1S/C21H24FN5O4S/c1-24-6-2-3-18(24)19(28)26-9-7-25(8-10-26)17-5-4-14(11-16(17)22)27-13-15(31-21(27)30)12-23-20(29)32/h2-6,11,15H,7-10,12-13H2,1H3,(H2,23,29,32). The highest BCUT2D eigenvalue weighted by atomic mass is 32.1. The lowest BCUT2D eigenvalue weighted by molar-refractivity contribution is 0.0737. The smallest absolute Gasteiger partial charge is 0.414 e. The number of cyclic esters (lactones) is 1. The summed E-state index contributed by atoms with van der Waals surface area (Å²) in [7, 11) is 1.83. The Hall–Kier alpha value is -3.21. The molecule has 2 aliphatic rings. The molecule has 2 aromatic rings. The minimum absolute atomic E-state index is 0.0378. The van der Waals surface area contributed by atoms with E-state index in [-0.39, 0.29) is 19.0 Å². The molecule has 2 aliphatic heterocycles. The lowest BCUT2D eigenvalue weighted by Gasteiger charge is -2.36. The maximum Gasteiger partial charge on any atom is 0.414 e. The summed E-state index contributed by atoms with van der Waals surface area (Å²) in [5.41, 5.74) is 1.43. The lowest BCUT2D eigenvalue weighted by Crippen LogP contribution is -2.49. The Balaban J connectivity index is 1.38. The molecular weight excluding hydrogens is 437 g/mol. The fraction of sp³-hybridized carbons (Fsp3) is 0.381. The third kappa shape index (κ3) is 4.52. The predicted octanol–water partition coefficient (Wildman–Crippen LogP) is 2.09. The van der Waals surface area contributed by atoms with Gasteiger partial charge in [-0.15, -0.1) is 0 Å². The van der Waals surface area contributed by atoms with Crippen LogP contribution >= 0.6 is 12.6 Å². The van der Waals surface area contributed by atoms with Gasteiger partial charge >= 0.3 is 6.09 Å². The third-order valence-electron chi connectivity index (χ3n) is 5.67. The number of nitrogens with zero attached hydrogens (tertiary/aromatic N) is 4. The van der Waals surface area contributed by atoms with Crippen molar-refractivity contribution in [1.29, 1.82) is 0 Å². The number of hydrogen-bond acceptors (Lipinski definition) is 5. The van der Waals surface area contributed by atoms with Gasteiger partial charge in [-0.3, -0.25) is 14.5 Å². The Morgan fingerprint density at radius 1 is 1.22 bits per heavy atom. The number of thiol groups is 1. The third-order valence-corrected chi connectivity index (χ3v) is 5.83. The van der Waals surface area contributed by atoms with Gasteiger partial charge in [0.25, 0.3) is 11.1 Å². The molecule has 0 saturated carbocycles. The molecule has 0 spiro atoms. The fourth-order valence-electron chi connectivity index (χ4n) is 3.96. The van der Waals surface area contributed by atoms with E-state index in [4.69, 9.17) is 4.74 Å². The molecule has 3 heterocycles. The molecule has 0 bridgehead atoms. The van der Waals surface area contributed by atoms with Crippen LogP contribution in [-0.4, -0.2) is 72.1 Å². The van der Waals surface area contributed by atoms with Crippen molar-refractivity contribution in [2.45, 2.75) is 6.10 Å². The summed E-state index contributed by atoms with van der Waals surface area (Å²) in [6.07, 6.45) is 0.703. The molecule has 9 nitrogen and oxygen atoms in total. The molecule has 32 heavy (non-hydrogen) atoms. The average Bonchev–Trinajstić information content (AvgIpc) is 3.37. The normalized spacial score (nSPS) is 18.7. The maximum absolute atomic E-state index is 14.9. The Bertz CT molecular complexity index is 1040. The minimum Gasteiger partial charge on any atom is -0.442 e. The maximum atomic E-state index is 14.9. The largest absolute Gasteiger partial charge is 0.442 e. The van der Waals surface area contributed by atoms with Gasteiger partial charge in [-0.25, -0.2) is 9.18 Å². The van der Waals surface area contributed by atoms with Crippen molar-refractivity contribution in [3.05, 3.63) is 48.0 Å². The van der Waals surface area contributed by atoms with Gasteiger partial charge in [0.15, 0.2) is 0 Å². The van der Waals surface area contributed by atoms with E-state index >= 15 is 0 Å². The van der Waals surface area contributed by atoms with E-state index in [0.29, 0.717) is 43.2 Å². The van der Waals surface area contributed by atoms with Crippen molar-refractivity contribution in [2.24, 2.45) is 7.05 Å². The molecule has 0 aliphatic carbocycles. The molecule has 3 amide bonds. The SMILES string of the molecule is Cn1cccc1C(=O)N1CCN(c2ccc(N3CC(CNC(=O)S)OC3=O)cc2F)CC1.